The summed E-state index contributed by atoms with van der Waals surface area (Å²) in [7, 11) is -1.29. The van der Waals surface area contributed by atoms with Gasteiger partial charge < -0.3 is 20.1 Å². The molecule has 0 amide bonds. The third-order valence-electron chi connectivity index (χ3n) is 2.26. The molecule has 2 rings (SSSR count). The molecule has 2 fully saturated rings. The van der Waals surface area contributed by atoms with Crippen molar-refractivity contribution in [3.63, 3.8) is 0 Å². The second-order valence-electron chi connectivity index (χ2n) is 3.06. The second kappa shape index (κ2) is 2.74. The van der Waals surface area contributed by atoms with Crippen LogP contribution in [0, 0.1) is 0 Å². The first kappa shape index (κ1) is 8.58. The number of aliphatic hydroxyl groups excluding tert-OH is 3. The van der Waals surface area contributed by atoms with Crippen molar-refractivity contribution in [2.75, 3.05) is 5.75 Å². The maximum absolute atomic E-state index is 11.2. The standard InChI is InChI=1S/C6H10O5S/c7-3-2-1-12(10)6(11-2)5(9)4(3)8/h2-9H,1H2/t2-,3-,4+,5-,6+,12?/m1/s1. The summed E-state index contributed by atoms with van der Waals surface area (Å²) in [5, 5.41) is 27.8. The van der Waals surface area contributed by atoms with Crippen LogP contribution in [0.3, 0.4) is 0 Å². The lowest BCUT2D eigenvalue weighted by Crippen LogP contribution is -2.53. The topological polar surface area (TPSA) is 87.0 Å². The van der Waals surface area contributed by atoms with Crippen LogP contribution in [0.1, 0.15) is 0 Å². The van der Waals surface area contributed by atoms with Gasteiger partial charge in [0.15, 0.2) is 5.44 Å². The SMILES string of the molecule is O=S1C[C@H]2O[C@@H]1[C@H](O)[C@@H](O)[C@@H]2O. The number of hydrogen-bond donors (Lipinski definition) is 3. The maximum Gasteiger partial charge on any atom is 0.161 e. The first-order valence-electron chi connectivity index (χ1n) is 3.68. The minimum atomic E-state index is -1.29. The van der Waals surface area contributed by atoms with E-state index in [1.54, 1.807) is 0 Å². The zero-order valence-electron chi connectivity index (χ0n) is 6.16. The minimum Gasteiger partial charge on any atom is -0.388 e. The van der Waals surface area contributed by atoms with Gasteiger partial charge in [0, 0.05) is 0 Å². The minimum absolute atomic E-state index is 0.194. The molecule has 0 spiro atoms. The largest absolute Gasteiger partial charge is 0.388 e. The fraction of sp³-hybridized carbons (Fsp3) is 1.00. The van der Waals surface area contributed by atoms with Gasteiger partial charge in [-0.15, -0.1) is 0 Å². The number of hydrogen-bond acceptors (Lipinski definition) is 5. The molecule has 6 heteroatoms. The summed E-state index contributed by atoms with van der Waals surface area (Å²) in [5.41, 5.74) is -0.826. The molecule has 0 saturated carbocycles. The van der Waals surface area contributed by atoms with Crippen molar-refractivity contribution >= 4 is 10.8 Å². The van der Waals surface area contributed by atoms with Crippen LogP contribution < -0.4 is 0 Å². The summed E-state index contributed by atoms with van der Waals surface area (Å²) in [6.07, 6.45) is -4.18. The molecular formula is C6H10O5S. The van der Waals surface area contributed by atoms with Gasteiger partial charge in [-0.2, -0.15) is 0 Å². The van der Waals surface area contributed by atoms with Crippen LogP contribution in [0.25, 0.3) is 0 Å². The van der Waals surface area contributed by atoms with Crippen molar-refractivity contribution in [3.05, 3.63) is 0 Å². The highest BCUT2D eigenvalue weighted by atomic mass is 32.2. The Hall–Kier alpha value is -0.0100. The van der Waals surface area contributed by atoms with E-state index in [9.17, 15) is 19.5 Å². The quantitative estimate of drug-likeness (QED) is 0.398. The Labute approximate surface area is 71.4 Å². The van der Waals surface area contributed by atoms with Crippen LogP contribution in [-0.4, -0.2) is 55.1 Å². The first-order chi connectivity index (χ1) is 5.61. The van der Waals surface area contributed by atoms with Crippen LogP contribution in [0.15, 0.2) is 0 Å². The van der Waals surface area contributed by atoms with Crippen molar-refractivity contribution in [1.82, 2.24) is 0 Å². The number of fused-ring (bicyclic) bond motifs is 2. The van der Waals surface area contributed by atoms with Crippen molar-refractivity contribution in [2.45, 2.75) is 29.9 Å². The van der Waals surface area contributed by atoms with Gasteiger partial charge in [-0.05, 0) is 0 Å². The van der Waals surface area contributed by atoms with Crippen molar-refractivity contribution < 1.29 is 24.3 Å². The fourth-order valence-electron chi connectivity index (χ4n) is 1.53. The van der Waals surface area contributed by atoms with E-state index in [-0.39, 0.29) is 5.75 Å². The third kappa shape index (κ3) is 1.03. The molecule has 0 aromatic heterocycles. The molecule has 12 heavy (non-hydrogen) atoms. The average Bonchev–Trinajstić information content (AvgIpc) is 2.39. The monoisotopic (exact) mass is 194 g/mol. The Kier molecular flexibility index (Phi) is 1.96. The molecule has 5 nitrogen and oxygen atoms in total. The molecule has 0 aromatic carbocycles. The van der Waals surface area contributed by atoms with Crippen molar-refractivity contribution in [3.8, 4) is 0 Å². The fourth-order valence-corrected chi connectivity index (χ4v) is 3.06. The summed E-state index contributed by atoms with van der Waals surface area (Å²) in [6.45, 7) is 0. The summed E-state index contributed by atoms with van der Waals surface area (Å²) in [5.74, 6) is 0.194. The zero-order valence-corrected chi connectivity index (χ0v) is 6.98. The van der Waals surface area contributed by atoms with Crippen LogP contribution in [-0.2, 0) is 15.5 Å². The molecule has 2 saturated heterocycles. The Morgan fingerprint density at radius 1 is 1.17 bits per heavy atom. The maximum atomic E-state index is 11.2. The van der Waals surface area contributed by atoms with Crippen LogP contribution in [0.2, 0.25) is 0 Å². The highest BCUT2D eigenvalue weighted by Crippen LogP contribution is 2.30. The second-order valence-corrected chi connectivity index (χ2v) is 4.62. The number of rotatable bonds is 0. The molecule has 2 heterocycles. The molecule has 0 aliphatic carbocycles. The predicted octanol–water partition coefficient (Wildman–Crippen LogP) is -2.44. The Balaban J connectivity index is 2.25. The van der Waals surface area contributed by atoms with E-state index < -0.39 is 40.7 Å². The smallest absolute Gasteiger partial charge is 0.161 e. The lowest BCUT2D eigenvalue weighted by Gasteiger charge is -2.32. The molecule has 1 unspecified atom stereocenters. The van der Waals surface area contributed by atoms with E-state index in [4.69, 9.17) is 4.74 Å². The van der Waals surface area contributed by atoms with Gasteiger partial charge in [0.25, 0.3) is 0 Å². The highest BCUT2D eigenvalue weighted by molar-refractivity contribution is 7.85. The van der Waals surface area contributed by atoms with Crippen molar-refractivity contribution in [2.24, 2.45) is 0 Å². The molecule has 2 bridgehead atoms. The van der Waals surface area contributed by atoms with Crippen LogP contribution in [0.4, 0.5) is 0 Å². The van der Waals surface area contributed by atoms with E-state index in [0.717, 1.165) is 0 Å². The lowest BCUT2D eigenvalue weighted by molar-refractivity contribution is -0.183. The van der Waals surface area contributed by atoms with E-state index in [2.05, 4.69) is 0 Å². The van der Waals surface area contributed by atoms with E-state index in [1.807, 2.05) is 0 Å². The van der Waals surface area contributed by atoms with Gasteiger partial charge in [0.2, 0.25) is 0 Å². The number of aliphatic hydroxyl groups is 3. The lowest BCUT2D eigenvalue weighted by atomic mass is 10.0. The summed E-state index contributed by atoms with van der Waals surface area (Å²) >= 11 is 0. The number of ether oxygens (including phenoxy) is 1. The molecule has 2 aliphatic heterocycles. The van der Waals surface area contributed by atoms with Gasteiger partial charge in [-0.1, -0.05) is 0 Å². The molecule has 0 radical (unpaired) electrons. The van der Waals surface area contributed by atoms with Gasteiger partial charge in [0.05, 0.1) is 22.7 Å². The average molecular weight is 194 g/mol. The summed E-state index contributed by atoms with van der Waals surface area (Å²) in [4.78, 5) is 0. The normalized spacial score (nSPS) is 58.9. The van der Waals surface area contributed by atoms with E-state index in [1.165, 1.54) is 0 Å². The van der Waals surface area contributed by atoms with Gasteiger partial charge in [-0.3, -0.25) is 4.21 Å². The molecule has 70 valence electrons. The van der Waals surface area contributed by atoms with E-state index in [0.29, 0.717) is 0 Å². The molecule has 0 aromatic rings. The predicted molar refractivity (Wildman–Crippen MR) is 39.7 cm³/mol. The van der Waals surface area contributed by atoms with Gasteiger partial charge in [0.1, 0.15) is 18.3 Å². The Morgan fingerprint density at radius 3 is 2.50 bits per heavy atom. The van der Waals surface area contributed by atoms with Crippen LogP contribution in [0.5, 0.6) is 0 Å². The van der Waals surface area contributed by atoms with Gasteiger partial charge >= 0.3 is 0 Å². The van der Waals surface area contributed by atoms with E-state index >= 15 is 0 Å². The molecule has 3 N–H and O–H groups in total. The van der Waals surface area contributed by atoms with Crippen molar-refractivity contribution in [1.29, 1.82) is 0 Å². The molecule has 6 atom stereocenters. The third-order valence-corrected chi connectivity index (χ3v) is 3.82. The molecule has 2 aliphatic rings. The van der Waals surface area contributed by atoms with Gasteiger partial charge in [-0.25, -0.2) is 0 Å². The summed E-state index contributed by atoms with van der Waals surface area (Å²) < 4.78 is 16.2. The Bertz CT molecular complexity index is 218. The Morgan fingerprint density at radius 2 is 1.83 bits per heavy atom. The first-order valence-corrected chi connectivity index (χ1v) is 5.06. The highest BCUT2D eigenvalue weighted by Gasteiger charge is 2.51. The summed E-state index contributed by atoms with van der Waals surface area (Å²) in [6, 6.07) is 0. The zero-order chi connectivity index (χ0) is 8.88. The van der Waals surface area contributed by atoms with Crippen LogP contribution >= 0.6 is 0 Å². The molecular weight excluding hydrogens is 184 g/mol.